The van der Waals surface area contributed by atoms with Crippen LogP contribution < -0.4 is 0 Å². The van der Waals surface area contributed by atoms with Crippen LogP contribution >= 0.6 is 0 Å². The Labute approximate surface area is 112 Å². The Morgan fingerprint density at radius 2 is 1.05 bits per heavy atom. The Morgan fingerprint density at radius 1 is 0.750 bits per heavy atom. The molecule has 4 atom stereocenters. The van der Waals surface area contributed by atoms with Crippen molar-refractivity contribution >= 4 is 11.9 Å². The van der Waals surface area contributed by atoms with Crippen LogP contribution in [0.1, 0.15) is 25.7 Å². The van der Waals surface area contributed by atoms with Gasteiger partial charge in [0.25, 0.3) is 0 Å². The van der Waals surface area contributed by atoms with Gasteiger partial charge in [-0.3, -0.25) is 9.59 Å². The number of aliphatic carboxylic acids is 2. The first-order valence-electron chi connectivity index (χ1n) is 6.27. The van der Waals surface area contributed by atoms with Gasteiger partial charge in [0.15, 0.2) is 0 Å². The third-order valence-corrected chi connectivity index (χ3v) is 3.94. The van der Waals surface area contributed by atoms with Crippen LogP contribution in [0.2, 0.25) is 0 Å². The molecule has 0 aromatic rings. The van der Waals surface area contributed by atoms with Crippen molar-refractivity contribution in [2.75, 3.05) is 0 Å². The zero-order valence-electron chi connectivity index (χ0n) is 10.5. The number of carboxylic acids is 2. The molecule has 0 saturated heterocycles. The molecule has 0 aliphatic heterocycles. The molecule has 0 aromatic carbocycles. The average molecular weight is 300 g/mol. The second kappa shape index (κ2) is 6.90. The van der Waals surface area contributed by atoms with Crippen molar-refractivity contribution < 1.29 is 37.4 Å². The van der Waals surface area contributed by atoms with Gasteiger partial charge in [-0.1, -0.05) is 0 Å². The maximum Gasteiger partial charge on any atom is 0.306 e. The minimum absolute atomic E-state index is 0.356. The number of hydrogen-bond acceptors (Lipinski definition) is 2. The quantitative estimate of drug-likeness (QED) is 0.783. The number of alkyl halides is 4. The topological polar surface area (TPSA) is 74.6 Å². The van der Waals surface area contributed by atoms with E-state index in [0.29, 0.717) is 25.7 Å². The highest BCUT2D eigenvalue weighted by molar-refractivity contribution is 5.71. The number of rotatable bonds is 4. The lowest BCUT2D eigenvalue weighted by Crippen LogP contribution is -2.37. The molecule has 0 aromatic heterocycles. The fraction of sp³-hybridized carbons (Fsp3) is 0.833. The van der Waals surface area contributed by atoms with E-state index in [-0.39, 0.29) is 0 Å². The van der Waals surface area contributed by atoms with Gasteiger partial charge in [0.05, 0.1) is 11.8 Å². The van der Waals surface area contributed by atoms with Gasteiger partial charge in [-0.15, -0.1) is 0 Å². The third kappa shape index (κ3) is 3.83. The fourth-order valence-electron chi connectivity index (χ4n) is 2.27. The Balaban J connectivity index is 0.000000200. The molecule has 2 fully saturated rings. The predicted octanol–water partition coefficient (Wildman–Crippen LogP) is 2.72. The summed E-state index contributed by atoms with van der Waals surface area (Å²) in [6.07, 6.45) is -3.40. The number of halogens is 4. The third-order valence-electron chi connectivity index (χ3n) is 3.94. The zero-order chi connectivity index (χ0) is 15.4. The Kier molecular flexibility index (Phi) is 5.76. The second-order valence-electron chi connectivity index (χ2n) is 5.04. The van der Waals surface area contributed by atoms with Gasteiger partial charge in [0.1, 0.15) is 0 Å². The predicted molar refractivity (Wildman–Crippen MR) is 59.7 cm³/mol. The summed E-state index contributed by atoms with van der Waals surface area (Å²) in [4.78, 5) is 20.3. The minimum Gasteiger partial charge on any atom is -0.481 e. The highest BCUT2D eigenvalue weighted by Gasteiger charge is 2.42. The van der Waals surface area contributed by atoms with E-state index in [4.69, 9.17) is 10.2 Å². The highest BCUT2D eigenvalue weighted by atomic mass is 19.3. The summed E-state index contributed by atoms with van der Waals surface area (Å²) in [5.74, 6) is -5.54. The van der Waals surface area contributed by atoms with Crippen LogP contribution in [-0.4, -0.2) is 35.0 Å². The van der Waals surface area contributed by atoms with Crippen molar-refractivity contribution in [3.8, 4) is 0 Å². The van der Waals surface area contributed by atoms with Gasteiger partial charge in [0, 0.05) is 11.8 Å². The summed E-state index contributed by atoms with van der Waals surface area (Å²) in [5.41, 5.74) is 0. The van der Waals surface area contributed by atoms with Crippen LogP contribution in [0.4, 0.5) is 17.6 Å². The summed E-state index contributed by atoms with van der Waals surface area (Å²) in [7, 11) is 0. The van der Waals surface area contributed by atoms with E-state index in [2.05, 4.69) is 0 Å². The number of hydrogen-bond donors (Lipinski definition) is 2. The van der Waals surface area contributed by atoms with Crippen LogP contribution in [0.25, 0.3) is 0 Å². The van der Waals surface area contributed by atoms with Crippen LogP contribution in [0.3, 0.4) is 0 Å². The van der Waals surface area contributed by atoms with Gasteiger partial charge in [-0.05, 0) is 25.7 Å². The van der Waals surface area contributed by atoms with Crippen molar-refractivity contribution in [3.63, 3.8) is 0 Å². The summed E-state index contributed by atoms with van der Waals surface area (Å²) >= 11 is 0. The number of carbonyl (C=O) groups is 2. The van der Waals surface area contributed by atoms with Gasteiger partial charge in [0.2, 0.25) is 12.9 Å². The van der Waals surface area contributed by atoms with E-state index in [1.165, 1.54) is 0 Å². The smallest absolute Gasteiger partial charge is 0.306 e. The molecule has 0 heterocycles. The maximum atomic E-state index is 11.8. The first-order chi connectivity index (χ1) is 9.25. The van der Waals surface area contributed by atoms with E-state index in [9.17, 15) is 27.2 Å². The summed E-state index contributed by atoms with van der Waals surface area (Å²) in [6, 6.07) is 0. The van der Waals surface area contributed by atoms with Crippen molar-refractivity contribution in [1.82, 2.24) is 0 Å². The molecule has 0 unspecified atom stereocenters. The SMILES string of the molecule is O=C(O)[C@@H]1CC[C@H]1C(F)F.O=C(O)[C@H]1CC[C@@H]1C(F)F. The van der Waals surface area contributed by atoms with E-state index in [1.807, 2.05) is 0 Å². The highest BCUT2D eigenvalue weighted by Crippen LogP contribution is 2.39. The molecule has 4 nitrogen and oxygen atoms in total. The summed E-state index contributed by atoms with van der Waals surface area (Å²) < 4.78 is 47.3. The standard InChI is InChI=1S/2C6H8F2O2/c2*7-5(8)3-1-2-4(3)6(9)10/h2*3-5H,1-2H2,(H,9,10)/t2*3-,4-/m10/s1. The lowest BCUT2D eigenvalue weighted by molar-refractivity contribution is -0.153. The molecule has 0 amide bonds. The van der Waals surface area contributed by atoms with Crippen molar-refractivity contribution in [1.29, 1.82) is 0 Å². The molecule has 0 spiro atoms. The molecule has 2 aliphatic rings. The summed E-state index contributed by atoms with van der Waals surface area (Å²) in [5, 5.41) is 16.6. The molecule has 0 bridgehead atoms. The van der Waals surface area contributed by atoms with Crippen molar-refractivity contribution in [3.05, 3.63) is 0 Å². The van der Waals surface area contributed by atoms with Crippen LogP contribution in [0.5, 0.6) is 0 Å². The fourth-order valence-corrected chi connectivity index (χ4v) is 2.27. The second-order valence-corrected chi connectivity index (χ2v) is 5.04. The Hall–Kier alpha value is -1.34. The van der Waals surface area contributed by atoms with E-state index in [1.54, 1.807) is 0 Å². The summed E-state index contributed by atoms with van der Waals surface area (Å²) in [6.45, 7) is 0. The average Bonchev–Trinajstić information content (AvgIpc) is 2.09. The van der Waals surface area contributed by atoms with Gasteiger partial charge >= 0.3 is 11.9 Å². The maximum absolute atomic E-state index is 11.8. The lowest BCUT2D eigenvalue weighted by atomic mass is 9.74. The Morgan fingerprint density at radius 3 is 1.10 bits per heavy atom. The van der Waals surface area contributed by atoms with Crippen molar-refractivity contribution in [2.45, 2.75) is 38.5 Å². The van der Waals surface area contributed by atoms with E-state index in [0.717, 1.165) is 0 Å². The molecule has 0 radical (unpaired) electrons. The van der Waals surface area contributed by atoms with Gasteiger partial charge < -0.3 is 10.2 Å². The molecule has 8 heteroatoms. The molecule has 2 aliphatic carbocycles. The molecule has 2 N–H and O–H groups in total. The number of carboxylic acid groups (broad SMARTS) is 2. The van der Waals surface area contributed by atoms with Crippen LogP contribution in [-0.2, 0) is 9.59 Å². The van der Waals surface area contributed by atoms with Gasteiger partial charge in [-0.25, -0.2) is 17.6 Å². The first-order valence-corrected chi connectivity index (χ1v) is 6.27. The molecule has 2 saturated carbocycles. The largest absolute Gasteiger partial charge is 0.481 e. The monoisotopic (exact) mass is 300 g/mol. The van der Waals surface area contributed by atoms with E-state index < -0.39 is 48.5 Å². The van der Waals surface area contributed by atoms with Crippen LogP contribution in [0.15, 0.2) is 0 Å². The molecular weight excluding hydrogens is 284 g/mol. The molecule has 2 rings (SSSR count). The van der Waals surface area contributed by atoms with E-state index >= 15 is 0 Å². The Bertz CT molecular complexity index is 327. The van der Waals surface area contributed by atoms with Crippen molar-refractivity contribution in [2.24, 2.45) is 23.7 Å². The van der Waals surface area contributed by atoms with Gasteiger partial charge in [-0.2, -0.15) is 0 Å². The normalized spacial score (nSPS) is 31.9. The molecule has 116 valence electrons. The minimum atomic E-state index is -2.46. The lowest BCUT2D eigenvalue weighted by Gasteiger charge is -2.32. The molecular formula is C12H16F4O4. The zero-order valence-corrected chi connectivity index (χ0v) is 10.5. The van der Waals surface area contributed by atoms with Crippen LogP contribution in [0, 0.1) is 23.7 Å². The first kappa shape index (κ1) is 16.7. The molecule has 20 heavy (non-hydrogen) atoms.